The average Bonchev–Trinajstić information content (AvgIpc) is 2.85. The first-order chi connectivity index (χ1) is 9.36. The Labute approximate surface area is 109 Å². The minimum absolute atomic E-state index is 0.870. The molecule has 3 nitrogen and oxygen atoms in total. The number of ether oxygens (including phenoxy) is 1. The van der Waals surface area contributed by atoms with Crippen LogP contribution in [-0.4, -0.2) is 17.1 Å². The van der Waals surface area contributed by atoms with Crippen molar-refractivity contribution in [3.8, 4) is 5.75 Å². The Morgan fingerprint density at radius 1 is 1.00 bits per heavy atom. The Balaban J connectivity index is 2.27. The van der Waals surface area contributed by atoms with Gasteiger partial charge in [-0.3, -0.25) is 4.98 Å². The Morgan fingerprint density at radius 3 is 2.79 bits per heavy atom. The van der Waals surface area contributed by atoms with Gasteiger partial charge in [0.25, 0.3) is 0 Å². The van der Waals surface area contributed by atoms with Crippen LogP contribution in [-0.2, 0) is 0 Å². The Kier molecular flexibility index (Phi) is 2.03. The van der Waals surface area contributed by atoms with Crippen molar-refractivity contribution in [3.63, 3.8) is 0 Å². The number of nitrogens with one attached hydrogen (secondary N) is 1. The fourth-order valence-electron chi connectivity index (χ4n) is 2.64. The number of H-pyrrole nitrogens is 1. The van der Waals surface area contributed by atoms with Crippen molar-refractivity contribution >= 4 is 32.7 Å². The lowest BCUT2D eigenvalue weighted by Crippen LogP contribution is -1.81. The molecule has 0 aliphatic rings. The van der Waals surface area contributed by atoms with E-state index in [0.717, 1.165) is 22.3 Å². The van der Waals surface area contributed by atoms with E-state index in [1.54, 1.807) is 7.11 Å². The summed E-state index contributed by atoms with van der Waals surface area (Å²) < 4.78 is 5.32. The zero-order valence-corrected chi connectivity index (χ0v) is 10.5. The lowest BCUT2D eigenvalue weighted by atomic mass is 10.1. The summed E-state index contributed by atoms with van der Waals surface area (Å²) in [5, 5.41) is 3.55. The van der Waals surface area contributed by atoms with Crippen molar-refractivity contribution in [1.29, 1.82) is 0 Å². The maximum Gasteiger partial charge on any atom is 0.119 e. The molecule has 1 N–H and O–H groups in total. The van der Waals surface area contributed by atoms with Gasteiger partial charge < -0.3 is 9.72 Å². The molecule has 0 saturated carbocycles. The Hall–Kier alpha value is -2.55. The highest BCUT2D eigenvalue weighted by molar-refractivity contribution is 6.19. The molecule has 0 aliphatic heterocycles. The van der Waals surface area contributed by atoms with Gasteiger partial charge in [0.2, 0.25) is 0 Å². The number of fused-ring (bicyclic) bond motifs is 5. The summed E-state index contributed by atoms with van der Waals surface area (Å²) in [6.07, 6.45) is 1.89. The molecule has 2 aromatic carbocycles. The zero-order chi connectivity index (χ0) is 12.8. The van der Waals surface area contributed by atoms with E-state index in [1.165, 1.54) is 16.2 Å². The van der Waals surface area contributed by atoms with Crippen LogP contribution >= 0.6 is 0 Å². The van der Waals surface area contributed by atoms with Gasteiger partial charge in [0.1, 0.15) is 5.75 Å². The number of para-hydroxylation sites is 1. The Morgan fingerprint density at radius 2 is 1.89 bits per heavy atom. The molecule has 0 amide bonds. The lowest BCUT2D eigenvalue weighted by molar-refractivity contribution is 0.415. The van der Waals surface area contributed by atoms with E-state index in [2.05, 4.69) is 22.1 Å². The van der Waals surface area contributed by atoms with Gasteiger partial charge in [-0.1, -0.05) is 18.2 Å². The van der Waals surface area contributed by atoms with Gasteiger partial charge in [-0.25, -0.2) is 0 Å². The molecule has 0 unspecified atom stereocenters. The molecular formula is C16H12N2O. The fraction of sp³-hybridized carbons (Fsp3) is 0.0625. The largest absolute Gasteiger partial charge is 0.497 e. The zero-order valence-electron chi connectivity index (χ0n) is 10.5. The highest BCUT2D eigenvalue weighted by atomic mass is 16.5. The van der Waals surface area contributed by atoms with Crippen LogP contribution < -0.4 is 4.74 Å². The molecule has 2 aromatic heterocycles. The minimum atomic E-state index is 0.870. The molecule has 4 rings (SSSR count). The highest BCUT2D eigenvalue weighted by Gasteiger charge is 2.09. The molecule has 0 saturated heterocycles. The molecule has 92 valence electrons. The number of benzene rings is 2. The molecule has 19 heavy (non-hydrogen) atoms. The minimum Gasteiger partial charge on any atom is -0.497 e. The van der Waals surface area contributed by atoms with Crippen molar-refractivity contribution in [1.82, 2.24) is 9.97 Å². The molecule has 0 bridgehead atoms. The topological polar surface area (TPSA) is 37.9 Å². The van der Waals surface area contributed by atoms with E-state index in [-0.39, 0.29) is 0 Å². The summed E-state index contributed by atoms with van der Waals surface area (Å²) in [7, 11) is 1.69. The van der Waals surface area contributed by atoms with Crippen molar-refractivity contribution in [2.75, 3.05) is 7.11 Å². The monoisotopic (exact) mass is 248 g/mol. The maximum atomic E-state index is 5.32. The molecule has 2 heterocycles. The lowest BCUT2D eigenvalue weighted by Gasteiger charge is -2.01. The number of methoxy groups -OCH3 is 1. The third-order valence-electron chi connectivity index (χ3n) is 3.54. The quantitative estimate of drug-likeness (QED) is 0.555. The van der Waals surface area contributed by atoms with E-state index in [4.69, 9.17) is 4.74 Å². The molecule has 0 radical (unpaired) electrons. The number of hydrogen-bond acceptors (Lipinski definition) is 2. The number of hydrogen-bond donors (Lipinski definition) is 1. The van der Waals surface area contributed by atoms with E-state index >= 15 is 0 Å². The second-order valence-electron chi connectivity index (χ2n) is 4.60. The molecule has 3 heteroatoms. The van der Waals surface area contributed by atoms with Crippen LogP contribution in [0.5, 0.6) is 5.75 Å². The second-order valence-corrected chi connectivity index (χ2v) is 4.60. The van der Waals surface area contributed by atoms with Gasteiger partial charge in [0.15, 0.2) is 0 Å². The average molecular weight is 248 g/mol. The van der Waals surface area contributed by atoms with Gasteiger partial charge >= 0.3 is 0 Å². The van der Waals surface area contributed by atoms with Crippen LogP contribution in [0.15, 0.2) is 48.7 Å². The predicted octanol–water partition coefficient (Wildman–Crippen LogP) is 3.88. The first-order valence-corrected chi connectivity index (χ1v) is 6.20. The molecular weight excluding hydrogens is 236 g/mol. The number of rotatable bonds is 1. The Bertz CT molecular complexity index is 908. The summed E-state index contributed by atoms with van der Waals surface area (Å²) in [4.78, 5) is 7.89. The fourth-order valence-corrected chi connectivity index (χ4v) is 2.64. The van der Waals surface area contributed by atoms with Crippen LogP contribution in [0.4, 0.5) is 0 Å². The van der Waals surface area contributed by atoms with Gasteiger partial charge in [-0.2, -0.15) is 0 Å². The first-order valence-electron chi connectivity index (χ1n) is 6.20. The smallest absolute Gasteiger partial charge is 0.119 e. The standard InChI is InChI=1S/C16H12N2O/c1-19-10-6-7-14-12(8-10)16-11-4-2-3-5-13(11)17-9-15(16)18-14/h2-9,18H,1H3. The van der Waals surface area contributed by atoms with Crippen molar-refractivity contribution in [3.05, 3.63) is 48.7 Å². The van der Waals surface area contributed by atoms with Crippen molar-refractivity contribution in [2.24, 2.45) is 0 Å². The van der Waals surface area contributed by atoms with Crippen LogP contribution in [0.3, 0.4) is 0 Å². The summed E-state index contributed by atoms with van der Waals surface area (Å²) in [6.45, 7) is 0. The van der Waals surface area contributed by atoms with Crippen LogP contribution in [0.1, 0.15) is 0 Å². The number of aromatic amines is 1. The predicted molar refractivity (Wildman–Crippen MR) is 77.7 cm³/mol. The molecule has 4 aromatic rings. The van der Waals surface area contributed by atoms with E-state index in [1.807, 2.05) is 36.5 Å². The summed E-state index contributed by atoms with van der Waals surface area (Å²) in [6, 6.07) is 14.3. The van der Waals surface area contributed by atoms with E-state index < -0.39 is 0 Å². The number of aromatic nitrogens is 2. The summed E-state index contributed by atoms with van der Waals surface area (Å²) >= 11 is 0. The number of pyridine rings is 1. The summed E-state index contributed by atoms with van der Waals surface area (Å²) in [5.74, 6) is 0.870. The van der Waals surface area contributed by atoms with Crippen LogP contribution in [0.2, 0.25) is 0 Å². The molecule has 0 spiro atoms. The van der Waals surface area contributed by atoms with E-state index in [9.17, 15) is 0 Å². The summed E-state index contributed by atoms with van der Waals surface area (Å²) in [5.41, 5.74) is 3.18. The van der Waals surface area contributed by atoms with Gasteiger partial charge in [-0.15, -0.1) is 0 Å². The second kappa shape index (κ2) is 3.72. The first kappa shape index (κ1) is 10.4. The molecule has 0 aliphatic carbocycles. The highest BCUT2D eigenvalue weighted by Crippen LogP contribution is 2.32. The van der Waals surface area contributed by atoms with Gasteiger partial charge in [0, 0.05) is 21.7 Å². The third kappa shape index (κ3) is 1.41. The van der Waals surface area contributed by atoms with Crippen LogP contribution in [0, 0.1) is 0 Å². The van der Waals surface area contributed by atoms with Crippen LogP contribution in [0.25, 0.3) is 32.7 Å². The van der Waals surface area contributed by atoms with Crippen molar-refractivity contribution in [2.45, 2.75) is 0 Å². The molecule has 0 fully saturated rings. The molecule has 0 atom stereocenters. The van der Waals surface area contributed by atoms with Gasteiger partial charge in [-0.05, 0) is 24.3 Å². The normalized spacial score (nSPS) is 11.4. The van der Waals surface area contributed by atoms with Crippen molar-refractivity contribution < 1.29 is 4.74 Å². The SMILES string of the molecule is COc1ccc2[nH]c3cnc4ccccc4c3c2c1. The van der Waals surface area contributed by atoms with E-state index in [0.29, 0.717) is 0 Å². The third-order valence-corrected chi connectivity index (χ3v) is 3.54. The van der Waals surface area contributed by atoms with Gasteiger partial charge in [0.05, 0.1) is 24.3 Å². The number of nitrogens with zero attached hydrogens (tertiary/aromatic N) is 1. The maximum absolute atomic E-state index is 5.32.